The van der Waals surface area contributed by atoms with Crippen molar-refractivity contribution in [2.45, 2.75) is 20.4 Å². The van der Waals surface area contributed by atoms with Crippen LogP contribution >= 0.6 is 11.3 Å². The zero-order valence-electron chi connectivity index (χ0n) is 15.9. The summed E-state index contributed by atoms with van der Waals surface area (Å²) < 4.78 is 11.2. The highest BCUT2D eigenvalue weighted by Crippen LogP contribution is 2.30. The highest BCUT2D eigenvalue weighted by atomic mass is 32.1. The van der Waals surface area contributed by atoms with E-state index in [0.717, 1.165) is 25.4 Å². The lowest BCUT2D eigenvalue weighted by Gasteiger charge is -2.34. The van der Waals surface area contributed by atoms with E-state index in [2.05, 4.69) is 27.7 Å². The number of thiophene rings is 1. The number of rotatable bonds is 7. The maximum absolute atomic E-state index is 12.7. The van der Waals surface area contributed by atoms with Gasteiger partial charge in [0.1, 0.15) is 11.5 Å². The number of benzene rings is 1. The Labute approximate surface area is 164 Å². The number of carbonyl (C=O) groups excluding carboxylic acids is 1. The Balaban J connectivity index is 1.58. The molecule has 1 fully saturated rings. The largest absolute Gasteiger partial charge is 0.494 e. The Morgan fingerprint density at radius 3 is 2.56 bits per heavy atom. The molecule has 0 atom stereocenters. The molecule has 1 N–H and O–H groups in total. The van der Waals surface area contributed by atoms with E-state index in [9.17, 15) is 4.79 Å². The van der Waals surface area contributed by atoms with Gasteiger partial charge in [-0.05, 0) is 37.4 Å². The second kappa shape index (κ2) is 9.62. The minimum absolute atomic E-state index is 0.0969. The van der Waals surface area contributed by atoms with E-state index in [4.69, 9.17) is 9.47 Å². The van der Waals surface area contributed by atoms with Crippen molar-refractivity contribution in [3.05, 3.63) is 40.6 Å². The van der Waals surface area contributed by atoms with Crippen molar-refractivity contribution < 1.29 is 14.3 Å². The number of amides is 2. The number of hydrogen-bond acceptors (Lipinski definition) is 5. The number of anilines is 1. The average molecular weight is 390 g/mol. The minimum Gasteiger partial charge on any atom is -0.494 e. The summed E-state index contributed by atoms with van der Waals surface area (Å²) >= 11 is 1.78. The molecule has 2 amide bonds. The third-order valence-corrected chi connectivity index (χ3v) is 5.28. The van der Waals surface area contributed by atoms with Crippen molar-refractivity contribution in [2.24, 2.45) is 0 Å². The van der Waals surface area contributed by atoms with Crippen LogP contribution in [0.2, 0.25) is 0 Å². The van der Waals surface area contributed by atoms with Gasteiger partial charge in [0.05, 0.1) is 18.9 Å². The van der Waals surface area contributed by atoms with Gasteiger partial charge in [-0.15, -0.1) is 11.3 Å². The molecule has 1 aliphatic rings. The lowest BCUT2D eigenvalue weighted by atomic mass is 10.2. The molecule has 0 bridgehead atoms. The van der Waals surface area contributed by atoms with Crippen molar-refractivity contribution in [1.29, 1.82) is 0 Å². The topological polar surface area (TPSA) is 54.0 Å². The Hall–Kier alpha value is -2.25. The van der Waals surface area contributed by atoms with Gasteiger partial charge in [-0.2, -0.15) is 0 Å². The van der Waals surface area contributed by atoms with E-state index < -0.39 is 0 Å². The van der Waals surface area contributed by atoms with Crippen LogP contribution in [-0.2, 0) is 6.54 Å². The molecular weight excluding hydrogens is 362 g/mol. The van der Waals surface area contributed by atoms with E-state index >= 15 is 0 Å². The van der Waals surface area contributed by atoms with Gasteiger partial charge in [0.25, 0.3) is 0 Å². The van der Waals surface area contributed by atoms with Crippen molar-refractivity contribution in [2.75, 3.05) is 44.7 Å². The van der Waals surface area contributed by atoms with Crippen LogP contribution in [0, 0.1) is 0 Å². The number of hydrogen-bond donors (Lipinski definition) is 1. The molecule has 2 aromatic rings. The summed E-state index contributed by atoms with van der Waals surface area (Å²) in [5.74, 6) is 1.38. The molecule has 2 heterocycles. The second-order valence-corrected chi connectivity index (χ2v) is 7.33. The second-order valence-electron chi connectivity index (χ2n) is 6.30. The molecule has 0 saturated carbocycles. The number of nitrogens with one attached hydrogen (secondary N) is 1. The van der Waals surface area contributed by atoms with Gasteiger partial charge in [-0.3, -0.25) is 4.90 Å². The van der Waals surface area contributed by atoms with Crippen LogP contribution in [-0.4, -0.2) is 55.2 Å². The van der Waals surface area contributed by atoms with Gasteiger partial charge >= 0.3 is 6.03 Å². The molecule has 6 nitrogen and oxygen atoms in total. The van der Waals surface area contributed by atoms with Crippen molar-refractivity contribution in [3.63, 3.8) is 0 Å². The first-order chi connectivity index (χ1) is 13.2. The third kappa shape index (κ3) is 5.37. The lowest BCUT2D eigenvalue weighted by molar-refractivity contribution is 0.143. The Morgan fingerprint density at radius 2 is 1.89 bits per heavy atom. The number of carbonyl (C=O) groups is 1. The highest BCUT2D eigenvalue weighted by Gasteiger charge is 2.22. The predicted octanol–water partition coefficient (Wildman–Crippen LogP) is 3.90. The van der Waals surface area contributed by atoms with Gasteiger partial charge in [0.15, 0.2) is 0 Å². The van der Waals surface area contributed by atoms with Crippen molar-refractivity contribution in [3.8, 4) is 11.5 Å². The molecular formula is C20H27N3O3S. The molecule has 0 aliphatic carbocycles. The molecule has 1 aromatic carbocycles. The third-order valence-electron chi connectivity index (χ3n) is 4.42. The minimum atomic E-state index is -0.0969. The molecule has 1 saturated heterocycles. The molecule has 0 unspecified atom stereocenters. The Kier molecular flexibility index (Phi) is 6.95. The number of urea groups is 1. The van der Waals surface area contributed by atoms with Gasteiger partial charge in [-0.25, -0.2) is 4.79 Å². The summed E-state index contributed by atoms with van der Waals surface area (Å²) in [4.78, 5) is 18.3. The maximum atomic E-state index is 12.7. The molecule has 7 heteroatoms. The van der Waals surface area contributed by atoms with Crippen LogP contribution in [0.4, 0.5) is 10.5 Å². The van der Waals surface area contributed by atoms with Crippen LogP contribution < -0.4 is 14.8 Å². The van der Waals surface area contributed by atoms with E-state index in [1.165, 1.54) is 4.88 Å². The number of piperazine rings is 1. The van der Waals surface area contributed by atoms with Crippen LogP contribution in [0.5, 0.6) is 11.5 Å². The monoisotopic (exact) mass is 389 g/mol. The maximum Gasteiger partial charge on any atom is 0.322 e. The zero-order chi connectivity index (χ0) is 19.1. The van der Waals surface area contributed by atoms with E-state index in [-0.39, 0.29) is 6.03 Å². The standard InChI is InChI=1S/C20H27N3O3S/c1-3-25-16-7-8-19(26-4-2)18(14-16)21-20(24)23-11-9-22(10-12-23)15-17-6-5-13-27-17/h5-8,13-14H,3-4,9-12,15H2,1-2H3,(H,21,24). The molecule has 1 aliphatic heterocycles. The van der Waals surface area contributed by atoms with Crippen LogP contribution in [0.25, 0.3) is 0 Å². The molecule has 146 valence electrons. The average Bonchev–Trinajstić information content (AvgIpc) is 3.18. The first kappa shape index (κ1) is 19.5. The summed E-state index contributed by atoms with van der Waals surface area (Å²) in [5.41, 5.74) is 0.647. The fourth-order valence-electron chi connectivity index (χ4n) is 3.07. The van der Waals surface area contributed by atoms with Crippen molar-refractivity contribution in [1.82, 2.24) is 9.80 Å². The van der Waals surface area contributed by atoms with Crippen LogP contribution in [0.15, 0.2) is 35.7 Å². The molecule has 3 rings (SSSR count). The summed E-state index contributed by atoms with van der Waals surface area (Å²) in [6.45, 7) is 9.12. The number of ether oxygens (including phenoxy) is 2. The quantitative estimate of drug-likeness (QED) is 0.780. The van der Waals surface area contributed by atoms with Gasteiger partial charge < -0.3 is 19.7 Å². The molecule has 27 heavy (non-hydrogen) atoms. The summed E-state index contributed by atoms with van der Waals surface area (Å²) in [6, 6.07) is 9.65. The lowest BCUT2D eigenvalue weighted by Crippen LogP contribution is -2.49. The van der Waals surface area contributed by atoms with Crippen LogP contribution in [0.3, 0.4) is 0 Å². The summed E-state index contributed by atoms with van der Waals surface area (Å²) in [5, 5.41) is 5.09. The summed E-state index contributed by atoms with van der Waals surface area (Å²) in [7, 11) is 0. The predicted molar refractivity (Wildman–Crippen MR) is 109 cm³/mol. The fraction of sp³-hybridized carbons (Fsp3) is 0.450. The summed E-state index contributed by atoms with van der Waals surface area (Å²) in [6.07, 6.45) is 0. The first-order valence-corrected chi connectivity index (χ1v) is 10.3. The molecule has 0 radical (unpaired) electrons. The normalized spacial score (nSPS) is 14.8. The van der Waals surface area contributed by atoms with Gasteiger partial charge in [0.2, 0.25) is 0 Å². The molecule has 1 aromatic heterocycles. The molecule has 0 spiro atoms. The van der Waals surface area contributed by atoms with E-state index in [0.29, 0.717) is 37.7 Å². The zero-order valence-corrected chi connectivity index (χ0v) is 16.8. The highest BCUT2D eigenvalue weighted by molar-refractivity contribution is 7.09. The van der Waals surface area contributed by atoms with Crippen molar-refractivity contribution >= 4 is 23.1 Å². The Bertz CT molecular complexity index is 728. The van der Waals surface area contributed by atoms with Gasteiger partial charge in [-0.1, -0.05) is 6.07 Å². The van der Waals surface area contributed by atoms with Crippen LogP contribution in [0.1, 0.15) is 18.7 Å². The van der Waals surface area contributed by atoms with Gasteiger partial charge in [0, 0.05) is 43.7 Å². The first-order valence-electron chi connectivity index (χ1n) is 9.40. The van der Waals surface area contributed by atoms with E-state index in [1.807, 2.05) is 36.9 Å². The Morgan fingerprint density at radius 1 is 1.11 bits per heavy atom. The number of nitrogens with zero attached hydrogens (tertiary/aromatic N) is 2. The SMILES string of the molecule is CCOc1ccc(OCC)c(NC(=O)N2CCN(Cc3cccs3)CC2)c1. The van der Waals surface area contributed by atoms with E-state index in [1.54, 1.807) is 11.3 Å². The smallest absolute Gasteiger partial charge is 0.322 e. The fourth-order valence-corrected chi connectivity index (χ4v) is 3.82.